The summed E-state index contributed by atoms with van der Waals surface area (Å²) in [5.74, 6) is -7.99. The molecule has 4 aliphatic carbocycles. The van der Waals surface area contributed by atoms with Crippen LogP contribution in [0.4, 0.5) is 0 Å². The van der Waals surface area contributed by atoms with Gasteiger partial charge in [-0.3, -0.25) is 33.8 Å². The lowest BCUT2D eigenvalue weighted by molar-refractivity contribution is -0.296. The van der Waals surface area contributed by atoms with Crippen molar-refractivity contribution in [3.8, 4) is 0 Å². The van der Waals surface area contributed by atoms with Gasteiger partial charge in [0.05, 0.1) is 49.4 Å². The highest BCUT2D eigenvalue weighted by Crippen LogP contribution is 2.67. The van der Waals surface area contributed by atoms with Crippen LogP contribution in [-0.2, 0) is 52.4 Å². The van der Waals surface area contributed by atoms with Crippen LogP contribution >= 0.6 is 0 Å². The maximum absolute atomic E-state index is 15.9. The average Bonchev–Trinajstić information content (AvgIpc) is 3.08. The van der Waals surface area contributed by atoms with E-state index >= 15 is 9.59 Å². The van der Waals surface area contributed by atoms with Gasteiger partial charge in [-0.25, -0.2) is 9.59 Å². The highest BCUT2D eigenvalue weighted by Gasteiger charge is 2.77. The molecule has 1 amide bonds. The summed E-state index contributed by atoms with van der Waals surface area (Å²) in [5, 5.41) is 38.4. The largest absolute Gasteiger partial charge is 0.458 e. The number of aliphatic hydroxyl groups excluding tert-OH is 2. The number of fused-ring (bicyclic) bond motifs is 5. The zero-order chi connectivity index (χ0) is 55.5. The number of amides is 1. The summed E-state index contributed by atoms with van der Waals surface area (Å²) in [7, 11) is 0. The van der Waals surface area contributed by atoms with Gasteiger partial charge in [0, 0.05) is 69.9 Å². The SMILES string of the molecule is CC(=O)O[C@H]1C(=O)[C@@]2(C)[C@H]([C@H](OC(=O)c3ccccc3)[C@]3(O)C[C@H](OC(=O)[C@H](OC(=O)CN4CCN(CCOCCO)CC4)[C@@H](NC(=O)c4ccccc4)c4ccccc4)C(C)=C1C3(C)C)[C@]1(OC(C)=O)CC[C@@H]1C[C@@H]2O. The maximum Gasteiger partial charge on any atom is 0.350 e. The fraction of sp³-hybridized carbons (Fsp3) is 0.534. The van der Waals surface area contributed by atoms with E-state index in [-0.39, 0.29) is 54.9 Å². The molecule has 1 heterocycles. The third-order valence-corrected chi connectivity index (χ3v) is 16.9. The lowest BCUT2D eigenvalue weighted by Gasteiger charge is -2.68. The molecule has 4 N–H and O–H groups in total. The monoisotopic (exact) mass is 1070 g/mol. The Labute approximate surface area is 448 Å². The molecule has 2 bridgehead atoms. The molecule has 0 unspecified atom stereocenters. The lowest BCUT2D eigenvalue weighted by atomic mass is 9.41. The van der Waals surface area contributed by atoms with Gasteiger partial charge in [0.25, 0.3) is 5.91 Å². The molecular weight excluding hydrogens is 995 g/mol. The molecule has 0 spiro atoms. The standard InChI is InChI=1S/C58H71N3O16/c1-35-42(74-54(70)48(75-44(66)34-61-26-24-60(25-27-61)28-30-72-31-29-62)46(38-16-10-7-11-17-38)59-52(68)39-18-12-8-13-19-39)33-58(71)51(76-53(69)40-20-14-9-15-21-40)49-56(6,43(65)32-41-22-23-57(41,49)77-37(3)64)50(67)47(73-36(2)63)45(35)55(58,4)5/h7-21,41-43,46-49,51,62,65,71H,22-34H2,1-6H3,(H,59,68)/t41-,42+,43+,46+,47-,48-,49+,51+,56-,57+,58-/m1/s1. The van der Waals surface area contributed by atoms with Gasteiger partial charge in [-0.15, -0.1) is 0 Å². The number of Topliss-reactive ketones (excluding diaryl/α,β-unsaturated/α-hetero) is 1. The number of esters is 5. The zero-order valence-corrected chi connectivity index (χ0v) is 44.5. The molecule has 414 valence electrons. The Morgan fingerprint density at radius 2 is 1.40 bits per heavy atom. The second-order valence-electron chi connectivity index (χ2n) is 21.7. The van der Waals surface area contributed by atoms with Crippen molar-refractivity contribution in [3.63, 3.8) is 0 Å². The number of rotatable bonds is 18. The predicted octanol–water partition coefficient (Wildman–Crippen LogP) is 3.92. The Morgan fingerprint density at radius 1 is 0.792 bits per heavy atom. The van der Waals surface area contributed by atoms with E-state index in [4.69, 9.17) is 33.5 Å². The van der Waals surface area contributed by atoms with Crippen molar-refractivity contribution in [2.24, 2.45) is 22.7 Å². The summed E-state index contributed by atoms with van der Waals surface area (Å²) >= 11 is 0. The van der Waals surface area contributed by atoms with Crippen molar-refractivity contribution < 1.29 is 77.3 Å². The molecule has 3 aromatic carbocycles. The fourth-order valence-electron chi connectivity index (χ4n) is 12.7. The van der Waals surface area contributed by atoms with Crippen LogP contribution in [0.5, 0.6) is 0 Å². The van der Waals surface area contributed by atoms with Crippen molar-refractivity contribution in [3.05, 3.63) is 119 Å². The van der Waals surface area contributed by atoms with Gasteiger partial charge in [0.15, 0.2) is 11.9 Å². The number of hydrogen-bond donors (Lipinski definition) is 4. The van der Waals surface area contributed by atoms with Crippen LogP contribution in [0.1, 0.15) is 99.5 Å². The molecule has 0 aromatic heterocycles. The molecule has 8 rings (SSSR count). The summed E-state index contributed by atoms with van der Waals surface area (Å²) < 4.78 is 37.0. The third-order valence-electron chi connectivity index (χ3n) is 16.9. The average molecular weight is 1070 g/mol. The van der Waals surface area contributed by atoms with E-state index in [1.54, 1.807) is 99.6 Å². The number of carbonyl (C=O) groups is 7. The second-order valence-corrected chi connectivity index (χ2v) is 21.7. The smallest absolute Gasteiger partial charge is 0.350 e. The molecule has 1 saturated heterocycles. The minimum absolute atomic E-state index is 0.00112. The normalized spacial score (nSPS) is 29.6. The van der Waals surface area contributed by atoms with Crippen LogP contribution in [0.15, 0.2) is 102 Å². The van der Waals surface area contributed by atoms with E-state index in [0.29, 0.717) is 51.3 Å². The van der Waals surface area contributed by atoms with Gasteiger partial charge in [-0.2, -0.15) is 0 Å². The molecule has 11 atom stereocenters. The quantitative estimate of drug-likeness (QED) is 0.0610. The number of benzene rings is 3. The van der Waals surface area contributed by atoms with Crippen molar-refractivity contribution in [1.29, 1.82) is 0 Å². The topological polar surface area (TPSA) is 254 Å². The number of aliphatic hydroxyl groups is 3. The Bertz CT molecular complexity index is 2700. The van der Waals surface area contributed by atoms with Crippen LogP contribution in [0.2, 0.25) is 0 Å². The van der Waals surface area contributed by atoms with Crippen LogP contribution in [0.25, 0.3) is 0 Å². The third kappa shape index (κ3) is 11.2. The van der Waals surface area contributed by atoms with E-state index in [1.165, 1.54) is 26.0 Å². The first-order valence-corrected chi connectivity index (χ1v) is 26.4. The first-order valence-electron chi connectivity index (χ1n) is 26.4. The van der Waals surface area contributed by atoms with Gasteiger partial charge in [0.2, 0.25) is 6.10 Å². The zero-order valence-electron chi connectivity index (χ0n) is 44.5. The first kappa shape index (κ1) is 56.8. The highest BCUT2D eigenvalue weighted by molar-refractivity contribution is 5.96. The van der Waals surface area contributed by atoms with Crippen molar-refractivity contribution in [2.45, 2.75) is 115 Å². The Hall–Kier alpha value is -6.35. The number of ketones is 1. The van der Waals surface area contributed by atoms with Gasteiger partial charge in [0.1, 0.15) is 29.5 Å². The van der Waals surface area contributed by atoms with Crippen LogP contribution in [0.3, 0.4) is 0 Å². The number of ether oxygens (including phenoxy) is 6. The maximum atomic E-state index is 15.9. The van der Waals surface area contributed by atoms with Crippen LogP contribution < -0.4 is 5.32 Å². The van der Waals surface area contributed by atoms with Crippen molar-refractivity contribution in [2.75, 3.05) is 59.1 Å². The summed E-state index contributed by atoms with van der Waals surface area (Å²) in [4.78, 5) is 105. The van der Waals surface area contributed by atoms with Crippen molar-refractivity contribution in [1.82, 2.24) is 15.1 Å². The molecule has 1 aliphatic heterocycles. The van der Waals surface area contributed by atoms with E-state index in [9.17, 15) is 34.2 Å². The number of carbonyl (C=O) groups excluding carboxylic acids is 7. The van der Waals surface area contributed by atoms with E-state index in [2.05, 4.69) is 10.2 Å². The van der Waals surface area contributed by atoms with Gasteiger partial charge in [-0.1, -0.05) is 80.6 Å². The summed E-state index contributed by atoms with van der Waals surface area (Å²) in [5.41, 5.74) is -6.88. The second kappa shape index (κ2) is 23.3. The minimum atomic E-state index is -2.41. The molecule has 4 fully saturated rings. The summed E-state index contributed by atoms with van der Waals surface area (Å²) in [6.07, 6.45) is -8.52. The Balaban J connectivity index is 1.23. The summed E-state index contributed by atoms with van der Waals surface area (Å²) in [6.45, 7) is 11.6. The lowest BCUT2D eigenvalue weighted by Crippen LogP contribution is -2.78. The predicted molar refractivity (Wildman–Crippen MR) is 275 cm³/mol. The molecule has 3 saturated carbocycles. The van der Waals surface area contributed by atoms with Crippen LogP contribution in [0, 0.1) is 22.7 Å². The molecule has 77 heavy (non-hydrogen) atoms. The Morgan fingerprint density at radius 3 is 1.99 bits per heavy atom. The highest BCUT2D eigenvalue weighted by atomic mass is 16.6. The number of nitrogens with zero attached hydrogens (tertiary/aromatic N) is 2. The molecule has 3 aromatic rings. The Kier molecular flexibility index (Phi) is 17.2. The van der Waals surface area contributed by atoms with E-state index in [0.717, 1.165) is 6.92 Å². The molecule has 0 radical (unpaired) electrons. The number of hydrogen-bond acceptors (Lipinski definition) is 18. The molecular formula is C58H71N3O16. The molecule has 19 nitrogen and oxygen atoms in total. The number of nitrogens with one attached hydrogen (secondary N) is 1. The van der Waals surface area contributed by atoms with Crippen molar-refractivity contribution >= 4 is 41.5 Å². The fourth-order valence-corrected chi connectivity index (χ4v) is 12.7. The van der Waals surface area contributed by atoms with E-state index in [1.807, 2.05) is 4.90 Å². The molecule has 5 aliphatic rings. The van der Waals surface area contributed by atoms with Gasteiger partial charge in [-0.05, 0) is 74.1 Å². The van der Waals surface area contributed by atoms with Gasteiger partial charge < -0.3 is 49.1 Å². The minimum Gasteiger partial charge on any atom is -0.458 e. The van der Waals surface area contributed by atoms with Crippen LogP contribution in [-0.4, -0.2) is 167 Å². The first-order chi connectivity index (χ1) is 36.7. The van der Waals surface area contributed by atoms with Gasteiger partial charge >= 0.3 is 29.8 Å². The summed E-state index contributed by atoms with van der Waals surface area (Å²) in [6, 6.07) is 23.2. The number of piperazine rings is 1. The molecule has 19 heteroatoms. The van der Waals surface area contributed by atoms with E-state index < -0.39 is 118 Å².